The Morgan fingerprint density at radius 3 is 2.92 bits per heavy atom. The van der Waals surface area contributed by atoms with Gasteiger partial charge in [0.2, 0.25) is 0 Å². The smallest absolute Gasteiger partial charge is 0.409 e. The largest absolute Gasteiger partial charge is 0.453 e. The number of carbonyl (C=O) groups excluding carboxylic acids is 2. The summed E-state index contributed by atoms with van der Waals surface area (Å²) in [5.74, 6) is -0.242. The molecule has 2 amide bonds. The van der Waals surface area contributed by atoms with Crippen molar-refractivity contribution < 1.29 is 14.3 Å². The van der Waals surface area contributed by atoms with Crippen molar-refractivity contribution >= 4 is 29.3 Å². The molecular weight excluding hydrogens is 330 g/mol. The van der Waals surface area contributed by atoms with Crippen LogP contribution in [0.4, 0.5) is 10.5 Å². The van der Waals surface area contributed by atoms with Crippen LogP contribution in [0.3, 0.4) is 0 Å². The number of hydrogen-bond donors (Lipinski definition) is 1. The fourth-order valence-corrected chi connectivity index (χ4v) is 2.93. The van der Waals surface area contributed by atoms with E-state index in [1.165, 1.54) is 7.11 Å². The normalized spacial score (nSPS) is 13.2. The van der Waals surface area contributed by atoms with Gasteiger partial charge in [-0.3, -0.25) is 9.78 Å². The number of anilines is 1. The van der Waals surface area contributed by atoms with Crippen molar-refractivity contribution in [3.63, 3.8) is 0 Å². The van der Waals surface area contributed by atoms with Gasteiger partial charge in [0.05, 0.1) is 19.2 Å². The Balaban J connectivity index is 1.83. The van der Waals surface area contributed by atoms with E-state index in [1.54, 1.807) is 41.6 Å². The van der Waals surface area contributed by atoms with Gasteiger partial charge in [-0.15, -0.1) is 0 Å². The Labute approximate surface area is 144 Å². The van der Waals surface area contributed by atoms with Gasteiger partial charge in [-0.05, 0) is 35.7 Å². The maximum absolute atomic E-state index is 12.6. The number of nitrogens with zero attached hydrogens (tertiary/aromatic N) is 2. The van der Waals surface area contributed by atoms with Crippen LogP contribution in [0.5, 0.6) is 0 Å². The number of hydrogen-bond acceptors (Lipinski definition) is 4. The van der Waals surface area contributed by atoms with E-state index in [-0.39, 0.29) is 12.0 Å². The number of halogens is 1. The topological polar surface area (TPSA) is 71.5 Å². The van der Waals surface area contributed by atoms with Crippen LogP contribution in [0, 0.1) is 0 Å². The summed E-state index contributed by atoms with van der Waals surface area (Å²) >= 11 is 5.94. The highest BCUT2D eigenvalue weighted by Crippen LogP contribution is 2.23. The molecule has 1 aliphatic heterocycles. The molecule has 124 valence electrons. The first kappa shape index (κ1) is 16.3. The predicted molar refractivity (Wildman–Crippen MR) is 90.2 cm³/mol. The van der Waals surface area contributed by atoms with E-state index in [9.17, 15) is 9.59 Å². The number of rotatable bonds is 2. The Hall–Kier alpha value is -2.60. The van der Waals surface area contributed by atoms with Gasteiger partial charge in [-0.25, -0.2) is 4.79 Å². The van der Waals surface area contributed by atoms with E-state index in [0.717, 1.165) is 11.1 Å². The minimum absolute atomic E-state index is 0.242. The highest BCUT2D eigenvalue weighted by molar-refractivity contribution is 6.31. The summed E-state index contributed by atoms with van der Waals surface area (Å²) in [5.41, 5.74) is 2.89. The van der Waals surface area contributed by atoms with Crippen LogP contribution in [0.25, 0.3) is 0 Å². The third kappa shape index (κ3) is 3.33. The standard InChI is InChI=1S/C17H16ClN3O3/c1-24-17(23)21-6-5-14-11(10-21)8-19-9-15(14)16(22)20-13-4-2-3-12(18)7-13/h2-4,7-9H,5-6,10H2,1H3,(H,20,22). The van der Waals surface area contributed by atoms with Gasteiger partial charge in [-0.2, -0.15) is 0 Å². The second kappa shape index (κ2) is 6.88. The summed E-state index contributed by atoms with van der Waals surface area (Å²) in [5, 5.41) is 3.38. The van der Waals surface area contributed by atoms with Crippen LogP contribution in [-0.4, -0.2) is 35.5 Å². The molecular formula is C17H16ClN3O3. The lowest BCUT2D eigenvalue weighted by atomic mass is 9.97. The summed E-state index contributed by atoms with van der Waals surface area (Å²) in [6.07, 6.45) is 3.42. The number of carbonyl (C=O) groups is 2. The maximum Gasteiger partial charge on any atom is 0.409 e. The zero-order valence-corrected chi connectivity index (χ0v) is 13.8. The lowest BCUT2D eigenvalue weighted by Crippen LogP contribution is -2.36. The van der Waals surface area contributed by atoms with Crippen LogP contribution >= 0.6 is 11.6 Å². The van der Waals surface area contributed by atoms with Gasteiger partial charge in [0, 0.05) is 29.6 Å². The van der Waals surface area contributed by atoms with Crippen LogP contribution in [0.2, 0.25) is 5.02 Å². The van der Waals surface area contributed by atoms with E-state index < -0.39 is 0 Å². The summed E-state index contributed by atoms with van der Waals surface area (Å²) in [6, 6.07) is 6.96. The lowest BCUT2D eigenvalue weighted by Gasteiger charge is -2.28. The maximum atomic E-state index is 12.6. The first-order valence-electron chi connectivity index (χ1n) is 7.44. The number of nitrogens with one attached hydrogen (secondary N) is 1. The number of fused-ring (bicyclic) bond motifs is 1. The molecule has 7 heteroatoms. The Morgan fingerprint density at radius 1 is 1.33 bits per heavy atom. The van der Waals surface area contributed by atoms with Crippen molar-refractivity contribution in [3.05, 3.63) is 58.4 Å². The first-order valence-corrected chi connectivity index (χ1v) is 7.82. The van der Waals surface area contributed by atoms with Crippen LogP contribution < -0.4 is 5.32 Å². The monoisotopic (exact) mass is 345 g/mol. The third-order valence-corrected chi connectivity index (χ3v) is 4.13. The first-order chi connectivity index (χ1) is 11.6. The summed E-state index contributed by atoms with van der Waals surface area (Å²) in [7, 11) is 1.35. The molecule has 1 N–H and O–H groups in total. The van der Waals surface area contributed by atoms with Crippen molar-refractivity contribution in [2.75, 3.05) is 19.0 Å². The molecule has 2 heterocycles. The predicted octanol–water partition coefficient (Wildman–Crippen LogP) is 3.11. The molecule has 6 nitrogen and oxygen atoms in total. The molecule has 0 spiro atoms. The summed E-state index contributed by atoms with van der Waals surface area (Å²) in [4.78, 5) is 29.9. The van der Waals surface area contributed by atoms with Crippen molar-refractivity contribution in [3.8, 4) is 0 Å². The van der Waals surface area contributed by atoms with Crippen LogP contribution in [0.1, 0.15) is 21.5 Å². The molecule has 0 saturated heterocycles. The quantitative estimate of drug-likeness (QED) is 0.907. The van der Waals surface area contributed by atoms with E-state index in [2.05, 4.69) is 10.3 Å². The number of methoxy groups -OCH3 is 1. The van der Waals surface area contributed by atoms with E-state index in [0.29, 0.717) is 35.8 Å². The summed E-state index contributed by atoms with van der Waals surface area (Å²) < 4.78 is 4.75. The van der Waals surface area contributed by atoms with Crippen molar-refractivity contribution in [2.45, 2.75) is 13.0 Å². The van der Waals surface area contributed by atoms with Crippen molar-refractivity contribution in [1.82, 2.24) is 9.88 Å². The molecule has 0 saturated carbocycles. The fourth-order valence-electron chi connectivity index (χ4n) is 2.74. The molecule has 0 unspecified atom stereocenters. The molecule has 0 radical (unpaired) electrons. The van der Waals surface area contributed by atoms with Gasteiger partial charge < -0.3 is 15.0 Å². The highest BCUT2D eigenvalue weighted by Gasteiger charge is 2.25. The number of ether oxygens (including phenoxy) is 1. The molecule has 1 aliphatic rings. The molecule has 1 aromatic heterocycles. The molecule has 0 aliphatic carbocycles. The SMILES string of the molecule is COC(=O)N1CCc2c(cncc2C(=O)Nc2cccc(Cl)c2)C1. The van der Waals surface area contributed by atoms with Crippen LogP contribution in [-0.2, 0) is 17.7 Å². The Kier molecular flexibility index (Phi) is 4.66. The minimum atomic E-state index is -0.380. The van der Waals surface area contributed by atoms with Gasteiger partial charge in [0.25, 0.3) is 5.91 Å². The molecule has 3 rings (SSSR count). The molecule has 0 bridgehead atoms. The van der Waals surface area contributed by atoms with Gasteiger partial charge in [-0.1, -0.05) is 17.7 Å². The van der Waals surface area contributed by atoms with E-state index in [1.807, 2.05) is 0 Å². The number of benzene rings is 1. The lowest BCUT2D eigenvalue weighted by molar-refractivity contribution is 0.102. The molecule has 0 fully saturated rings. The zero-order valence-electron chi connectivity index (χ0n) is 13.1. The van der Waals surface area contributed by atoms with Crippen molar-refractivity contribution in [2.24, 2.45) is 0 Å². The molecule has 0 atom stereocenters. The van der Waals surface area contributed by atoms with E-state index in [4.69, 9.17) is 16.3 Å². The Bertz CT molecular complexity index is 794. The fraction of sp³-hybridized carbons (Fsp3) is 0.235. The van der Waals surface area contributed by atoms with Gasteiger partial charge in [0.15, 0.2) is 0 Å². The molecule has 2 aromatic rings. The van der Waals surface area contributed by atoms with E-state index >= 15 is 0 Å². The van der Waals surface area contributed by atoms with Gasteiger partial charge in [0.1, 0.15) is 0 Å². The van der Waals surface area contributed by atoms with Gasteiger partial charge >= 0.3 is 6.09 Å². The number of amides is 2. The third-order valence-electron chi connectivity index (χ3n) is 3.90. The second-order valence-corrected chi connectivity index (χ2v) is 5.87. The molecule has 1 aromatic carbocycles. The number of aromatic nitrogens is 1. The average molecular weight is 346 g/mol. The van der Waals surface area contributed by atoms with Crippen LogP contribution in [0.15, 0.2) is 36.7 Å². The van der Waals surface area contributed by atoms with Crippen molar-refractivity contribution in [1.29, 1.82) is 0 Å². The average Bonchev–Trinajstić information content (AvgIpc) is 2.60. The minimum Gasteiger partial charge on any atom is -0.453 e. The second-order valence-electron chi connectivity index (χ2n) is 5.43. The zero-order chi connectivity index (χ0) is 17.1. The Morgan fingerprint density at radius 2 is 2.17 bits per heavy atom. The number of pyridine rings is 1. The molecule has 24 heavy (non-hydrogen) atoms. The summed E-state index contributed by atoms with van der Waals surface area (Å²) in [6.45, 7) is 0.883. The highest BCUT2D eigenvalue weighted by atomic mass is 35.5.